The van der Waals surface area contributed by atoms with Gasteiger partial charge in [0.15, 0.2) is 0 Å². The molecule has 3 amide bonds. The summed E-state index contributed by atoms with van der Waals surface area (Å²) in [4.78, 5) is 38.1. The average molecular weight is 357 g/mol. The maximum atomic E-state index is 12.5. The van der Waals surface area contributed by atoms with Gasteiger partial charge in [-0.25, -0.2) is 9.59 Å². The van der Waals surface area contributed by atoms with Gasteiger partial charge in [0.2, 0.25) is 5.91 Å². The molecule has 26 heavy (non-hydrogen) atoms. The molecule has 3 rings (SSSR count). The van der Waals surface area contributed by atoms with E-state index >= 15 is 0 Å². The molecule has 1 fully saturated rings. The number of nitrogens with one attached hydrogen (secondary N) is 2. The van der Waals surface area contributed by atoms with E-state index in [0.29, 0.717) is 22.5 Å². The second-order valence-electron chi connectivity index (χ2n) is 6.55. The minimum absolute atomic E-state index is 0.00639. The summed E-state index contributed by atoms with van der Waals surface area (Å²) < 4.78 is 5.18. The van der Waals surface area contributed by atoms with Gasteiger partial charge in [-0.1, -0.05) is 12.1 Å². The second kappa shape index (κ2) is 7.19. The molecule has 2 N–H and O–H groups in total. The number of nitrogens with zero attached hydrogens (tertiary/aromatic N) is 1. The Morgan fingerprint density at radius 1 is 1.35 bits per heavy atom. The van der Waals surface area contributed by atoms with Gasteiger partial charge in [0.05, 0.1) is 18.2 Å². The lowest BCUT2D eigenvalue weighted by Gasteiger charge is -2.33. The van der Waals surface area contributed by atoms with Crippen molar-refractivity contribution in [1.82, 2.24) is 10.2 Å². The third-order valence-corrected chi connectivity index (χ3v) is 4.69. The van der Waals surface area contributed by atoms with Gasteiger partial charge in [0.25, 0.3) is 0 Å². The van der Waals surface area contributed by atoms with Crippen molar-refractivity contribution in [2.24, 2.45) is 5.92 Å². The largest absolute Gasteiger partial charge is 0.463 e. The lowest BCUT2D eigenvalue weighted by Crippen LogP contribution is -2.46. The van der Waals surface area contributed by atoms with Gasteiger partial charge >= 0.3 is 12.0 Å². The van der Waals surface area contributed by atoms with Crippen molar-refractivity contribution in [3.8, 4) is 0 Å². The van der Waals surface area contributed by atoms with E-state index in [1.165, 1.54) is 4.90 Å². The Morgan fingerprint density at radius 3 is 2.73 bits per heavy atom. The summed E-state index contributed by atoms with van der Waals surface area (Å²) in [5, 5.41) is 5.72. The third kappa shape index (κ3) is 3.56. The van der Waals surface area contributed by atoms with E-state index in [0.717, 1.165) is 12.8 Å². The fraction of sp³-hybridized carbons (Fsp3) is 0.421. The Balaban J connectivity index is 1.93. The van der Waals surface area contributed by atoms with Crippen LogP contribution in [0, 0.1) is 5.92 Å². The lowest BCUT2D eigenvalue weighted by molar-refractivity contribution is -0.139. The number of esters is 1. The SMILES string of the molecule is CCOC(=O)C1=C(C)N(C)C(=O)NC1c1cccc(NC(=O)C2CC2)c1. The standard InChI is InChI=1S/C19H23N3O4/c1-4-26-18(24)15-11(2)22(3)19(25)21-16(15)13-6-5-7-14(10-13)20-17(23)12-8-9-12/h5-7,10,12,16H,4,8-9H2,1-3H3,(H,20,23)(H,21,25). The van der Waals surface area contributed by atoms with Crippen LogP contribution in [-0.2, 0) is 14.3 Å². The van der Waals surface area contributed by atoms with Crippen molar-refractivity contribution in [3.63, 3.8) is 0 Å². The zero-order valence-corrected chi connectivity index (χ0v) is 15.2. The minimum atomic E-state index is -0.629. The van der Waals surface area contributed by atoms with Crippen molar-refractivity contribution in [1.29, 1.82) is 0 Å². The van der Waals surface area contributed by atoms with Gasteiger partial charge < -0.3 is 20.3 Å². The van der Waals surface area contributed by atoms with Gasteiger partial charge in [-0.2, -0.15) is 0 Å². The van der Waals surface area contributed by atoms with Crippen LogP contribution in [0.15, 0.2) is 35.5 Å². The molecule has 1 unspecified atom stereocenters. The first-order valence-electron chi connectivity index (χ1n) is 8.75. The molecule has 0 bridgehead atoms. The van der Waals surface area contributed by atoms with E-state index in [-0.39, 0.29) is 24.5 Å². The molecule has 1 aromatic rings. The van der Waals surface area contributed by atoms with Gasteiger partial charge in [0, 0.05) is 24.4 Å². The summed E-state index contributed by atoms with van der Waals surface area (Å²) in [6.45, 7) is 3.70. The van der Waals surface area contributed by atoms with E-state index in [4.69, 9.17) is 4.74 Å². The normalized spacial score (nSPS) is 19.9. The van der Waals surface area contributed by atoms with Crippen molar-refractivity contribution < 1.29 is 19.1 Å². The first-order chi connectivity index (χ1) is 12.4. The molecular formula is C19H23N3O4. The zero-order chi connectivity index (χ0) is 18.8. The fourth-order valence-electron chi connectivity index (χ4n) is 2.94. The summed E-state index contributed by atoms with van der Waals surface area (Å²) in [5.41, 5.74) is 2.29. The number of carbonyl (C=O) groups excluding carboxylic acids is 3. The molecule has 7 nitrogen and oxygen atoms in total. The quantitative estimate of drug-likeness (QED) is 0.793. The van der Waals surface area contributed by atoms with Crippen molar-refractivity contribution >= 4 is 23.6 Å². The van der Waals surface area contributed by atoms with Crippen LogP contribution >= 0.6 is 0 Å². The second-order valence-corrected chi connectivity index (χ2v) is 6.55. The molecule has 1 aromatic carbocycles. The zero-order valence-electron chi connectivity index (χ0n) is 15.2. The van der Waals surface area contributed by atoms with Crippen LogP contribution in [-0.4, -0.2) is 36.5 Å². The van der Waals surface area contributed by atoms with E-state index in [2.05, 4.69) is 10.6 Å². The number of anilines is 1. The topological polar surface area (TPSA) is 87.7 Å². The Bertz CT molecular complexity index is 783. The number of carbonyl (C=O) groups is 3. The molecule has 1 aliphatic carbocycles. The monoisotopic (exact) mass is 357 g/mol. The molecule has 0 radical (unpaired) electrons. The van der Waals surface area contributed by atoms with E-state index in [9.17, 15) is 14.4 Å². The number of rotatable bonds is 5. The van der Waals surface area contributed by atoms with Crippen molar-refractivity contribution in [2.45, 2.75) is 32.7 Å². The number of hydrogen-bond acceptors (Lipinski definition) is 4. The number of amides is 3. The van der Waals surface area contributed by atoms with Crippen molar-refractivity contribution in [3.05, 3.63) is 41.1 Å². The van der Waals surface area contributed by atoms with Crippen LogP contribution in [0.25, 0.3) is 0 Å². The first-order valence-corrected chi connectivity index (χ1v) is 8.75. The Kier molecular flexibility index (Phi) is 4.97. The van der Waals surface area contributed by atoms with Crippen molar-refractivity contribution in [2.75, 3.05) is 19.0 Å². The van der Waals surface area contributed by atoms with Gasteiger partial charge in [0.1, 0.15) is 0 Å². The predicted molar refractivity (Wildman–Crippen MR) is 96.2 cm³/mol. The maximum Gasteiger partial charge on any atom is 0.338 e. The lowest BCUT2D eigenvalue weighted by atomic mass is 9.94. The van der Waals surface area contributed by atoms with Gasteiger partial charge in [-0.3, -0.25) is 4.79 Å². The highest BCUT2D eigenvalue weighted by Crippen LogP contribution is 2.33. The van der Waals surface area contributed by atoms with Gasteiger partial charge in [-0.15, -0.1) is 0 Å². The van der Waals surface area contributed by atoms with Crippen LogP contribution in [0.3, 0.4) is 0 Å². The molecule has 1 aliphatic heterocycles. The number of hydrogen-bond donors (Lipinski definition) is 2. The van der Waals surface area contributed by atoms with E-state index < -0.39 is 12.0 Å². The Hall–Kier alpha value is -2.83. The number of benzene rings is 1. The molecule has 0 spiro atoms. The number of allylic oxidation sites excluding steroid dienone is 1. The summed E-state index contributed by atoms with van der Waals surface area (Å²) in [6.07, 6.45) is 1.84. The Labute approximate surface area is 152 Å². The molecule has 138 valence electrons. The molecule has 7 heteroatoms. The smallest absolute Gasteiger partial charge is 0.338 e. The highest BCUT2D eigenvalue weighted by Gasteiger charge is 2.35. The molecular weight excluding hydrogens is 334 g/mol. The Morgan fingerprint density at radius 2 is 2.08 bits per heavy atom. The maximum absolute atomic E-state index is 12.5. The predicted octanol–water partition coefficient (Wildman–Crippen LogP) is 2.57. The van der Waals surface area contributed by atoms with Crippen LogP contribution in [0.2, 0.25) is 0 Å². The summed E-state index contributed by atoms with van der Waals surface area (Å²) >= 11 is 0. The number of ether oxygens (including phenoxy) is 1. The highest BCUT2D eigenvalue weighted by molar-refractivity contribution is 5.96. The summed E-state index contributed by atoms with van der Waals surface area (Å²) in [5.74, 6) is -0.361. The molecule has 2 aliphatic rings. The summed E-state index contributed by atoms with van der Waals surface area (Å²) in [6, 6.07) is 6.25. The van der Waals surface area contributed by atoms with Crippen LogP contribution in [0.4, 0.5) is 10.5 Å². The van der Waals surface area contributed by atoms with Crippen LogP contribution in [0.5, 0.6) is 0 Å². The minimum Gasteiger partial charge on any atom is -0.463 e. The first kappa shape index (κ1) is 18.0. The molecule has 1 atom stereocenters. The molecule has 1 saturated carbocycles. The molecule has 0 aromatic heterocycles. The molecule has 1 heterocycles. The van der Waals surface area contributed by atoms with Crippen LogP contribution in [0.1, 0.15) is 38.3 Å². The average Bonchev–Trinajstić information content (AvgIpc) is 3.45. The van der Waals surface area contributed by atoms with Gasteiger partial charge in [-0.05, 0) is 44.4 Å². The van der Waals surface area contributed by atoms with E-state index in [1.54, 1.807) is 39.1 Å². The fourth-order valence-corrected chi connectivity index (χ4v) is 2.94. The number of urea groups is 1. The highest BCUT2D eigenvalue weighted by atomic mass is 16.5. The summed E-state index contributed by atoms with van der Waals surface area (Å²) in [7, 11) is 1.60. The van der Waals surface area contributed by atoms with E-state index in [1.807, 2.05) is 6.07 Å². The van der Waals surface area contributed by atoms with Crippen LogP contribution < -0.4 is 10.6 Å². The molecule has 0 saturated heterocycles. The third-order valence-electron chi connectivity index (χ3n) is 4.69.